The van der Waals surface area contributed by atoms with E-state index in [4.69, 9.17) is 0 Å². The molecular weight excluding hydrogens is 334 g/mol. The van der Waals surface area contributed by atoms with E-state index in [1.807, 2.05) is 6.07 Å². The Balaban J connectivity index is 2.19. The first-order valence-corrected chi connectivity index (χ1v) is 10.9. The summed E-state index contributed by atoms with van der Waals surface area (Å²) >= 11 is 0. The highest BCUT2D eigenvalue weighted by molar-refractivity contribution is 7.91. The lowest BCUT2D eigenvalue weighted by Gasteiger charge is -2.28. The van der Waals surface area contributed by atoms with E-state index in [0.29, 0.717) is 24.6 Å². The van der Waals surface area contributed by atoms with Crippen LogP contribution in [-0.2, 0) is 27.2 Å². The minimum atomic E-state index is -2.84. The largest absolute Gasteiger partial charge is 0.508 e. The van der Waals surface area contributed by atoms with Crippen LogP contribution < -0.4 is 5.32 Å². The zero-order valence-corrected chi connectivity index (χ0v) is 17.3. The van der Waals surface area contributed by atoms with Gasteiger partial charge in [0.05, 0.1) is 11.5 Å². The lowest BCUT2D eigenvalue weighted by molar-refractivity contribution is 0.447. The van der Waals surface area contributed by atoms with Gasteiger partial charge in [0.25, 0.3) is 0 Å². The highest BCUT2D eigenvalue weighted by atomic mass is 32.2. The lowest BCUT2D eigenvalue weighted by atomic mass is 9.78. The SMILES string of the molecule is CC(C)(C)c1cc(O)c(CNCC2CCS(=O)(=O)C2)c(C(C)(C)C)c1. The van der Waals surface area contributed by atoms with E-state index in [9.17, 15) is 13.5 Å². The van der Waals surface area contributed by atoms with Gasteiger partial charge in [-0.2, -0.15) is 0 Å². The van der Waals surface area contributed by atoms with Crippen molar-refractivity contribution in [3.8, 4) is 5.75 Å². The maximum Gasteiger partial charge on any atom is 0.150 e. The Morgan fingerprint density at radius 1 is 1.12 bits per heavy atom. The Labute approximate surface area is 153 Å². The molecule has 1 saturated heterocycles. The highest BCUT2D eigenvalue weighted by Gasteiger charge is 2.28. The lowest BCUT2D eigenvalue weighted by Crippen LogP contribution is -2.26. The summed E-state index contributed by atoms with van der Waals surface area (Å²) in [5, 5.41) is 14.0. The molecule has 1 unspecified atom stereocenters. The molecule has 25 heavy (non-hydrogen) atoms. The van der Waals surface area contributed by atoms with E-state index in [-0.39, 0.29) is 22.5 Å². The molecule has 1 heterocycles. The first-order valence-electron chi connectivity index (χ1n) is 9.07. The van der Waals surface area contributed by atoms with E-state index in [1.54, 1.807) is 0 Å². The van der Waals surface area contributed by atoms with Crippen molar-refractivity contribution in [2.24, 2.45) is 5.92 Å². The number of hydrogen-bond acceptors (Lipinski definition) is 4. The topological polar surface area (TPSA) is 66.4 Å². The molecule has 2 N–H and O–H groups in total. The number of nitrogens with one attached hydrogen (secondary N) is 1. The molecule has 0 saturated carbocycles. The van der Waals surface area contributed by atoms with Crippen LogP contribution in [0.2, 0.25) is 0 Å². The summed E-state index contributed by atoms with van der Waals surface area (Å²) in [6.07, 6.45) is 0.733. The molecule has 5 heteroatoms. The van der Waals surface area contributed by atoms with Crippen molar-refractivity contribution < 1.29 is 13.5 Å². The number of rotatable bonds is 4. The average Bonchev–Trinajstić information content (AvgIpc) is 2.77. The summed E-state index contributed by atoms with van der Waals surface area (Å²) in [5.41, 5.74) is 3.08. The fraction of sp³-hybridized carbons (Fsp3) is 0.700. The Morgan fingerprint density at radius 2 is 1.76 bits per heavy atom. The van der Waals surface area contributed by atoms with Crippen molar-refractivity contribution in [1.29, 1.82) is 0 Å². The van der Waals surface area contributed by atoms with Gasteiger partial charge in [0.2, 0.25) is 0 Å². The molecule has 0 bridgehead atoms. The van der Waals surface area contributed by atoms with Gasteiger partial charge in [-0.15, -0.1) is 0 Å². The van der Waals surface area contributed by atoms with Gasteiger partial charge >= 0.3 is 0 Å². The number of sulfone groups is 1. The van der Waals surface area contributed by atoms with Gasteiger partial charge < -0.3 is 10.4 Å². The molecule has 0 aliphatic carbocycles. The Morgan fingerprint density at radius 3 is 2.24 bits per heavy atom. The molecular formula is C20H33NO3S. The number of benzene rings is 1. The minimum absolute atomic E-state index is 0.0261. The molecule has 0 radical (unpaired) electrons. The van der Waals surface area contributed by atoms with Gasteiger partial charge in [-0.25, -0.2) is 8.42 Å². The third-order valence-corrected chi connectivity index (χ3v) is 6.80. The number of phenols is 1. The van der Waals surface area contributed by atoms with Crippen LogP contribution in [0, 0.1) is 5.92 Å². The fourth-order valence-electron chi connectivity index (χ4n) is 3.38. The molecule has 0 spiro atoms. The van der Waals surface area contributed by atoms with Crippen LogP contribution >= 0.6 is 0 Å². The second-order valence-corrected chi connectivity index (χ2v) is 11.7. The van der Waals surface area contributed by atoms with Crippen molar-refractivity contribution >= 4 is 9.84 Å². The summed E-state index contributed by atoms with van der Waals surface area (Å²) in [5.74, 6) is 1.09. The van der Waals surface area contributed by atoms with E-state index in [2.05, 4.69) is 52.9 Å². The average molecular weight is 368 g/mol. The maximum atomic E-state index is 11.6. The van der Waals surface area contributed by atoms with Crippen LogP contribution in [0.15, 0.2) is 12.1 Å². The van der Waals surface area contributed by atoms with Crippen LogP contribution in [0.25, 0.3) is 0 Å². The van der Waals surface area contributed by atoms with Crippen LogP contribution in [0.5, 0.6) is 5.75 Å². The first kappa shape index (κ1) is 20.2. The van der Waals surface area contributed by atoms with E-state index >= 15 is 0 Å². The van der Waals surface area contributed by atoms with E-state index in [0.717, 1.165) is 23.1 Å². The van der Waals surface area contributed by atoms with E-state index in [1.165, 1.54) is 0 Å². The van der Waals surface area contributed by atoms with Gasteiger partial charge in [0.15, 0.2) is 9.84 Å². The quantitative estimate of drug-likeness (QED) is 0.855. The smallest absolute Gasteiger partial charge is 0.150 e. The molecule has 0 aromatic heterocycles. The normalized spacial score (nSPS) is 20.8. The van der Waals surface area contributed by atoms with Gasteiger partial charge in [0, 0.05) is 12.1 Å². The second-order valence-electron chi connectivity index (χ2n) is 9.42. The predicted octanol–water partition coefficient (Wildman–Crippen LogP) is 3.51. The summed E-state index contributed by atoms with van der Waals surface area (Å²) < 4.78 is 23.2. The number of hydrogen-bond donors (Lipinski definition) is 2. The molecule has 4 nitrogen and oxygen atoms in total. The maximum absolute atomic E-state index is 11.6. The molecule has 142 valence electrons. The molecule has 2 rings (SSSR count). The molecule has 0 amide bonds. The Bertz CT molecular complexity index is 725. The highest BCUT2D eigenvalue weighted by Crippen LogP contribution is 2.36. The third kappa shape index (κ3) is 5.20. The third-order valence-electron chi connectivity index (χ3n) is 4.96. The van der Waals surface area contributed by atoms with Crippen molar-refractivity contribution in [2.45, 2.75) is 65.3 Å². The van der Waals surface area contributed by atoms with Crippen LogP contribution in [0.1, 0.15) is 64.7 Å². The zero-order chi connectivity index (χ0) is 19.0. The van der Waals surface area contributed by atoms with Gasteiger partial charge in [-0.1, -0.05) is 47.6 Å². The monoisotopic (exact) mass is 367 g/mol. The predicted molar refractivity (Wildman–Crippen MR) is 104 cm³/mol. The van der Waals surface area contributed by atoms with Crippen LogP contribution in [0.3, 0.4) is 0 Å². The first-order chi connectivity index (χ1) is 11.3. The number of aromatic hydroxyl groups is 1. The summed E-state index contributed by atoms with van der Waals surface area (Å²) in [6.45, 7) is 14.1. The molecule has 1 aliphatic heterocycles. The second kappa shape index (κ2) is 6.92. The summed E-state index contributed by atoms with van der Waals surface area (Å²) in [6, 6.07) is 4.07. The molecule has 1 aromatic carbocycles. The fourth-order valence-corrected chi connectivity index (χ4v) is 5.24. The molecule has 1 atom stereocenters. The Hall–Kier alpha value is -1.07. The van der Waals surface area contributed by atoms with Crippen molar-refractivity contribution in [2.75, 3.05) is 18.1 Å². The minimum Gasteiger partial charge on any atom is -0.508 e. The van der Waals surface area contributed by atoms with Gasteiger partial charge in [0.1, 0.15) is 5.75 Å². The molecule has 1 aliphatic rings. The Kier molecular flexibility index (Phi) is 5.60. The van der Waals surface area contributed by atoms with Crippen LogP contribution in [0.4, 0.5) is 0 Å². The van der Waals surface area contributed by atoms with Crippen LogP contribution in [-0.4, -0.2) is 31.6 Å². The summed E-state index contributed by atoms with van der Waals surface area (Å²) in [7, 11) is -2.84. The van der Waals surface area contributed by atoms with Gasteiger partial charge in [-0.05, 0) is 46.9 Å². The van der Waals surface area contributed by atoms with Crippen molar-refractivity contribution in [1.82, 2.24) is 5.32 Å². The number of phenolic OH excluding ortho intramolecular Hbond substituents is 1. The van der Waals surface area contributed by atoms with Crippen molar-refractivity contribution in [3.05, 3.63) is 28.8 Å². The standard InChI is InChI=1S/C20H33NO3S/c1-19(2,3)15-9-17(20(4,5)6)16(18(22)10-15)12-21-11-14-7-8-25(23,24)13-14/h9-10,14,21-22H,7-8,11-13H2,1-6H3. The van der Waals surface area contributed by atoms with E-state index < -0.39 is 9.84 Å². The zero-order valence-electron chi connectivity index (χ0n) is 16.4. The molecule has 1 fully saturated rings. The van der Waals surface area contributed by atoms with Gasteiger partial charge in [-0.3, -0.25) is 0 Å². The molecule has 1 aromatic rings. The summed E-state index contributed by atoms with van der Waals surface area (Å²) in [4.78, 5) is 0. The van der Waals surface area contributed by atoms with Crippen molar-refractivity contribution in [3.63, 3.8) is 0 Å².